The predicted molar refractivity (Wildman–Crippen MR) is 26.8 cm³/mol. The minimum Gasteiger partial charge on any atom is -0.316 e. The van der Waals surface area contributed by atoms with Gasteiger partial charge in [0.2, 0.25) is 0 Å². The zero-order valence-corrected chi connectivity index (χ0v) is 4.59. The Kier molecular flexibility index (Phi) is 0.943. The molecule has 42 valence electrons. The average molecular weight is 110 g/mol. The topological polar surface area (TPSA) is 43.9 Å². The lowest BCUT2D eigenvalue weighted by atomic mass is 10.5. The highest BCUT2D eigenvalue weighted by Crippen LogP contribution is 2.16. The monoisotopic (exact) mass is 110 g/mol. The SMILES string of the molecule is CCN1C(=O)C1C#N. The van der Waals surface area contributed by atoms with E-state index in [1.807, 2.05) is 13.0 Å². The number of nitriles is 1. The minimum absolute atomic E-state index is 0.0324. The number of carbonyl (C=O) groups is 1. The van der Waals surface area contributed by atoms with Crippen LogP contribution in [0.4, 0.5) is 0 Å². The Balaban J connectivity index is 2.49. The van der Waals surface area contributed by atoms with Crippen LogP contribution in [0.25, 0.3) is 0 Å². The Bertz CT molecular complexity index is 158. The molecule has 1 aliphatic rings. The van der Waals surface area contributed by atoms with Crippen molar-refractivity contribution < 1.29 is 4.79 Å². The molecule has 0 aromatic carbocycles. The molecule has 0 aromatic heterocycles. The summed E-state index contributed by atoms with van der Waals surface area (Å²) in [7, 11) is 0. The first-order valence-electron chi connectivity index (χ1n) is 2.51. The molecule has 1 atom stereocenters. The van der Waals surface area contributed by atoms with Crippen LogP contribution in [0.1, 0.15) is 6.92 Å². The molecule has 1 saturated heterocycles. The molecule has 1 aliphatic heterocycles. The molecular weight excluding hydrogens is 104 g/mol. The van der Waals surface area contributed by atoms with Gasteiger partial charge in [-0.2, -0.15) is 5.26 Å². The Morgan fingerprint density at radius 1 is 2.00 bits per heavy atom. The highest BCUT2D eigenvalue weighted by atomic mass is 16.2. The molecule has 8 heavy (non-hydrogen) atoms. The van der Waals surface area contributed by atoms with Gasteiger partial charge in [-0.25, -0.2) is 0 Å². The minimum atomic E-state index is -0.417. The lowest BCUT2D eigenvalue weighted by Gasteiger charge is -1.85. The third-order valence-corrected chi connectivity index (χ3v) is 1.22. The maximum atomic E-state index is 10.4. The number of rotatable bonds is 1. The highest BCUT2D eigenvalue weighted by Gasteiger charge is 2.44. The van der Waals surface area contributed by atoms with E-state index in [9.17, 15) is 4.79 Å². The first-order chi connectivity index (χ1) is 3.81. The summed E-state index contributed by atoms with van der Waals surface area (Å²) in [6.07, 6.45) is 0. The molecule has 1 fully saturated rings. The Morgan fingerprint density at radius 2 is 2.62 bits per heavy atom. The van der Waals surface area contributed by atoms with E-state index in [-0.39, 0.29) is 5.91 Å². The molecule has 0 aliphatic carbocycles. The molecule has 0 radical (unpaired) electrons. The van der Waals surface area contributed by atoms with Gasteiger partial charge in [0.05, 0.1) is 6.07 Å². The van der Waals surface area contributed by atoms with Gasteiger partial charge < -0.3 is 4.90 Å². The number of likely N-dealkylation sites (N-methyl/N-ethyl adjacent to an activating group) is 1. The van der Waals surface area contributed by atoms with Crippen molar-refractivity contribution in [1.29, 1.82) is 5.26 Å². The van der Waals surface area contributed by atoms with Crippen LogP contribution in [0, 0.1) is 11.3 Å². The zero-order chi connectivity index (χ0) is 6.15. The van der Waals surface area contributed by atoms with Crippen LogP contribution >= 0.6 is 0 Å². The van der Waals surface area contributed by atoms with Crippen LogP contribution < -0.4 is 0 Å². The Labute approximate surface area is 47.5 Å². The second-order valence-corrected chi connectivity index (χ2v) is 1.66. The van der Waals surface area contributed by atoms with Crippen LogP contribution in [0.15, 0.2) is 0 Å². The van der Waals surface area contributed by atoms with Gasteiger partial charge in [-0.3, -0.25) is 4.79 Å². The number of nitrogens with zero attached hydrogens (tertiary/aromatic N) is 2. The molecule has 1 unspecified atom stereocenters. The van der Waals surface area contributed by atoms with E-state index in [1.54, 1.807) is 0 Å². The Hall–Kier alpha value is -1.04. The van der Waals surface area contributed by atoms with E-state index in [4.69, 9.17) is 5.26 Å². The molecule has 0 saturated carbocycles. The normalized spacial score (nSPS) is 25.2. The van der Waals surface area contributed by atoms with Gasteiger partial charge in [0.25, 0.3) is 5.91 Å². The van der Waals surface area contributed by atoms with E-state index in [0.717, 1.165) is 0 Å². The molecule has 1 rings (SSSR count). The summed E-state index contributed by atoms with van der Waals surface area (Å²) in [6, 6.07) is 1.45. The van der Waals surface area contributed by atoms with Gasteiger partial charge in [-0.15, -0.1) is 0 Å². The third kappa shape index (κ3) is 0.463. The maximum absolute atomic E-state index is 10.4. The van der Waals surface area contributed by atoms with E-state index in [0.29, 0.717) is 6.54 Å². The van der Waals surface area contributed by atoms with Gasteiger partial charge in [-0.1, -0.05) is 0 Å². The first-order valence-corrected chi connectivity index (χ1v) is 2.51. The summed E-state index contributed by atoms with van der Waals surface area (Å²) in [6.45, 7) is 2.52. The van der Waals surface area contributed by atoms with Crippen LogP contribution in [-0.4, -0.2) is 23.4 Å². The number of hydrogen-bond acceptors (Lipinski definition) is 2. The quantitative estimate of drug-likeness (QED) is 0.436. The van der Waals surface area contributed by atoms with Crippen molar-refractivity contribution >= 4 is 5.91 Å². The van der Waals surface area contributed by atoms with E-state index >= 15 is 0 Å². The molecule has 0 bridgehead atoms. The fourth-order valence-corrected chi connectivity index (χ4v) is 0.677. The summed E-state index contributed by atoms with van der Waals surface area (Å²) in [5.41, 5.74) is 0. The molecule has 0 aromatic rings. The summed E-state index contributed by atoms with van der Waals surface area (Å²) in [4.78, 5) is 11.9. The lowest BCUT2D eigenvalue weighted by Crippen LogP contribution is -1.97. The molecule has 3 heteroatoms. The fourth-order valence-electron chi connectivity index (χ4n) is 0.677. The van der Waals surface area contributed by atoms with E-state index in [1.165, 1.54) is 4.90 Å². The summed E-state index contributed by atoms with van der Waals surface area (Å²) in [5, 5.41) is 8.17. The maximum Gasteiger partial charge on any atom is 0.261 e. The molecule has 0 N–H and O–H groups in total. The summed E-state index contributed by atoms with van der Waals surface area (Å²) in [5.74, 6) is -0.0324. The van der Waals surface area contributed by atoms with E-state index < -0.39 is 6.04 Å². The molecule has 3 nitrogen and oxygen atoms in total. The number of carbonyl (C=O) groups excluding carboxylic acids is 1. The summed E-state index contributed by atoms with van der Waals surface area (Å²) < 4.78 is 0. The molecule has 1 amide bonds. The van der Waals surface area contributed by atoms with Crippen molar-refractivity contribution in [3.05, 3.63) is 0 Å². The predicted octanol–water partition coefficient (Wildman–Crippen LogP) is -0.259. The largest absolute Gasteiger partial charge is 0.316 e. The van der Waals surface area contributed by atoms with Gasteiger partial charge >= 0.3 is 0 Å². The molecule has 0 spiro atoms. The molecule has 1 heterocycles. The third-order valence-electron chi connectivity index (χ3n) is 1.22. The second-order valence-electron chi connectivity index (χ2n) is 1.66. The van der Waals surface area contributed by atoms with Crippen molar-refractivity contribution in [2.45, 2.75) is 13.0 Å². The van der Waals surface area contributed by atoms with Gasteiger partial charge in [0.15, 0.2) is 6.04 Å². The van der Waals surface area contributed by atoms with Crippen LogP contribution in [0.2, 0.25) is 0 Å². The fraction of sp³-hybridized carbons (Fsp3) is 0.600. The van der Waals surface area contributed by atoms with Crippen LogP contribution in [0.5, 0.6) is 0 Å². The first kappa shape index (κ1) is 5.10. The standard InChI is InChI=1S/C5H6N2O/c1-2-7-4(3-6)5(7)8/h4H,2H2,1H3. The van der Waals surface area contributed by atoms with Crippen molar-refractivity contribution in [3.8, 4) is 6.07 Å². The summed E-state index contributed by atoms with van der Waals surface area (Å²) >= 11 is 0. The van der Waals surface area contributed by atoms with E-state index in [2.05, 4.69) is 0 Å². The zero-order valence-electron chi connectivity index (χ0n) is 4.59. The lowest BCUT2D eigenvalue weighted by molar-refractivity contribution is -0.113. The molecular formula is C5H6N2O. The van der Waals surface area contributed by atoms with Crippen molar-refractivity contribution in [1.82, 2.24) is 4.90 Å². The average Bonchev–Trinajstić information content (AvgIpc) is 2.40. The number of amides is 1. The highest BCUT2D eigenvalue weighted by molar-refractivity contribution is 5.99. The second kappa shape index (κ2) is 1.48. The van der Waals surface area contributed by atoms with Crippen molar-refractivity contribution in [2.75, 3.05) is 6.54 Å². The van der Waals surface area contributed by atoms with Gasteiger partial charge in [0.1, 0.15) is 0 Å². The van der Waals surface area contributed by atoms with Crippen LogP contribution in [-0.2, 0) is 4.79 Å². The number of hydrogen-bond donors (Lipinski definition) is 0. The smallest absolute Gasteiger partial charge is 0.261 e. The Morgan fingerprint density at radius 3 is 2.75 bits per heavy atom. The van der Waals surface area contributed by atoms with Gasteiger partial charge in [-0.05, 0) is 6.92 Å². The van der Waals surface area contributed by atoms with Crippen molar-refractivity contribution in [2.24, 2.45) is 0 Å². The van der Waals surface area contributed by atoms with Crippen molar-refractivity contribution in [3.63, 3.8) is 0 Å². The van der Waals surface area contributed by atoms with Crippen LogP contribution in [0.3, 0.4) is 0 Å². The van der Waals surface area contributed by atoms with Gasteiger partial charge in [0, 0.05) is 6.54 Å².